The van der Waals surface area contributed by atoms with Crippen LogP contribution in [0.2, 0.25) is 5.02 Å². The summed E-state index contributed by atoms with van der Waals surface area (Å²) in [4.78, 5) is 0.684. The van der Waals surface area contributed by atoms with Gasteiger partial charge in [0.1, 0.15) is 0 Å². The van der Waals surface area contributed by atoms with Crippen molar-refractivity contribution in [3.63, 3.8) is 0 Å². The van der Waals surface area contributed by atoms with Crippen molar-refractivity contribution in [3.05, 3.63) is 64.7 Å². The van der Waals surface area contributed by atoms with Gasteiger partial charge < -0.3 is 0 Å². The van der Waals surface area contributed by atoms with Gasteiger partial charge in [0.15, 0.2) is 11.0 Å². The Morgan fingerprint density at radius 1 is 1.11 bits per heavy atom. The number of aryl methyl sites for hydroxylation is 1. The summed E-state index contributed by atoms with van der Waals surface area (Å²) in [5.74, 6) is 0. The lowest BCUT2D eigenvalue weighted by atomic mass is 10.2. The molecule has 0 fully saturated rings. The first-order valence-corrected chi connectivity index (χ1v) is 6.92. The third kappa shape index (κ3) is 3.28. The van der Waals surface area contributed by atoms with Crippen molar-refractivity contribution in [2.75, 3.05) is 0 Å². The largest absolute Gasteiger partial charge is 0.229 e. The normalized spacial score (nSPS) is 12.8. The molecule has 2 rings (SSSR count). The van der Waals surface area contributed by atoms with Crippen molar-refractivity contribution in [1.82, 2.24) is 0 Å². The molecule has 0 aliphatic rings. The molecule has 0 aliphatic carbocycles. The molecule has 0 aromatic heterocycles. The predicted molar refractivity (Wildman–Crippen MR) is 76.6 cm³/mol. The molecule has 0 saturated heterocycles. The Morgan fingerprint density at radius 2 is 1.78 bits per heavy atom. The van der Waals surface area contributed by atoms with E-state index in [2.05, 4.69) is 4.40 Å². The van der Waals surface area contributed by atoms with Gasteiger partial charge >= 0.3 is 0 Å². The van der Waals surface area contributed by atoms with Crippen molar-refractivity contribution >= 4 is 28.8 Å². The van der Waals surface area contributed by atoms with Gasteiger partial charge in [0.25, 0.3) is 0 Å². The molecular formula is C14H12ClNOS. The highest BCUT2D eigenvalue weighted by Gasteiger charge is 2.01. The van der Waals surface area contributed by atoms with Crippen LogP contribution in [0.3, 0.4) is 0 Å². The molecule has 2 nitrogen and oxygen atoms in total. The summed E-state index contributed by atoms with van der Waals surface area (Å²) in [6, 6.07) is 14.8. The average molecular weight is 278 g/mol. The lowest BCUT2D eigenvalue weighted by Gasteiger charge is -1.98. The minimum atomic E-state index is -1.39. The van der Waals surface area contributed by atoms with Crippen LogP contribution in [0.15, 0.2) is 57.8 Å². The summed E-state index contributed by atoms with van der Waals surface area (Å²) < 4.78 is 15.9. The minimum absolute atomic E-state index is 0.599. The SMILES string of the molecule is Cc1ccc([S@](=O)/N=C/c2ccccc2Cl)cc1. The predicted octanol–water partition coefficient (Wildman–Crippen LogP) is 3.79. The van der Waals surface area contributed by atoms with Crippen LogP contribution in [0.5, 0.6) is 0 Å². The molecule has 0 radical (unpaired) electrons. The van der Waals surface area contributed by atoms with Crippen LogP contribution in [0, 0.1) is 6.92 Å². The van der Waals surface area contributed by atoms with Gasteiger partial charge in [0.2, 0.25) is 0 Å². The van der Waals surface area contributed by atoms with Gasteiger partial charge in [-0.3, -0.25) is 0 Å². The highest BCUT2D eigenvalue weighted by atomic mass is 35.5. The molecule has 0 heterocycles. The molecule has 1 atom stereocenters. The third-order valence-electron chi connectivity index (χ3n) is 2.42. The Hall–Kier alpha value is -1.45. The summed E-state index contributed by atoms with van der Waals surface area (Å²) in [5.41, 5.74) is 1.89. The summed E-state index contributed by atoms with van der Waals surface area (Å²) >= 11 is 5.98. The molecular weight excluding hydrogens is 266 g/mol. The monoisotopic (exact) mass is 277 g/mol. The zero-order valence-electron chi connectivity index (χ0n) is 9.84. The standard InChI is InChI=1S/C14H12ClNOS/c1-11-6-8-13(9-7-11)18(17)16-10-12-4-2-3-5-14(12)15/h2-10H,1H3/b16-10+/t18-/m0/s1. The summed E-state index contributed by atoms with van der Waals surface area (Å²) in [6.45, 7) is 1.99. The molecule has 0 bridgehead atoms. The number of hydrogen-bond donors (Lipinski definition) is 0. The molecule has 0 spiro atoms. The van der Waals surface area contributed by atoms with Gasteiger partial charge in [-0.15, -0.1) is 0 Å². The van der Waals surface area contributed by atoms with Crippen molar-refractivity contribution < 1.29 is 4.21 Å². The maximum absolute atomic E-state index is 11.9. The van der Waals surface area contributed by atoms with Gasteiger partial charge in [-0.2, -0.15) is 4.40 Å². The van der Waals surface area contributed by atoms with Crippen LogP contribution in [0.1, 0.15) is 11.1 Å². The first-order chi connectivity index (χ1) is 8.66. The Balaban J connectivity index is 2.17. The topological polar surface area (TPSA) is 29.4 Å². The van der Waals surface area contributed by atoms with E-state index in [1.54, 1.807) is 6.07 Å². The maximum atomic E-state index is 11.9. The lowest BCUT2D eigenvalue weighted by Crippen LogP contribution is -1.89. The zero-order chi connectivity index (χ0) is 13.0. The number of benzene rings is 2. The van der Waals surface area contributed by atoms with Gasteiger partial charge in [-0.1, -0.05) is 47.5 Å². The fourth-order valence-electron chi connectivity index (χ4n) is 1.40. The van der Waals surface area contributed by atoms with Crippen LogP contribution in [0.25, 0.3) is 0 Å². The molecule has 2 aromatic rings. The van der Waals surface area contributed by atoms with E-state index in [0.29, 0.717) is 9.92 Å². The third-order valence-corrected chi connectivity index (χ3v) is 3.73. The van der Waals surface area contributed by atoms with E-state index < -0.39 is 11.0 Å². The Kier molecular flexibility index (Phi) is 4.28. The van der Waals surface area contributed by atoms with Crippen LogP contribution in [-0.2, 0) is 11.0 Å². The van der Waals surface area contributed by atoms with Crippen LogP contribution >= 0.6 is 11.6 Å². The van der Waals surface area contributed by atoms with Gasteiger partial charge in [0.05, 0.1) is 4.90 Å². The minimum Gasteiger partial charge on any atom is -0.229 e. The Morgan fingerprint density at radius 3 is 2.44 bits per heavy atom. The molecule has 0 aliphatic heterocycles. The fraction of sp³-hybridized carbons (Fsp3) is 0.0714. The van der Waals surface area contributed by atoms with Crippen LogP contribution in [-0.4, -0.2) is 10.4 Å². The van der Waals surface area contributed by atoms with Crippen molar-refractivity contribution in [1.29, 1.82) is 0 Å². The van der Waals surface area contributed by atoms with Crippen molar-refractivity contribution in [3.8, 4) is 0 Å². The first-order valence-electron chi connectivity index (χ1n) is 5.44. The summed E-state index contributed by atoms with van der Waals surface area (Å²) in [7, 11) is -1.39. The van der Waals surface area contributed by atoms with Crippen molar-refractivity contribution in [2.45, 2.75) is 11.8 Å². The molecule has 0 N–H and O–H groups in total. The van der Waals surface area contributed by atoms with Gasteiger partial charge in [-0.25, -0.2) is 4.21 Å². The second-order valence-electron chi connectivity index (χ2n) is 3.82. The number of hydrogen-bond acceptors (Lipinski definition) is 1. The molecule has 2 aromatic carbocycles. The van der Waals surface area contributed by atoms with E-state index in [9.17, 15) is 4.21 Å². The first kappa shape index (κ1) is 13.0. The lowest BCUT2D eigenvalue weighted by molar-refractivity contribution is 0.684. The average Bonchev–Trinajstić information content (AvgIpc) is 2.38. The van der Waals surface area contributed by atoms with Gasteiger partial charge in [0, 0.05) is 16.8 Å². The van der Waals surface area contributed by atoms with Crippen LogP contribution in [0.4, 0.5) is 0 Å². The summed E-state index contributed by atoms with van der Waals surface area (Å²) in [5, 5.41) is 0.599. The highest BCUT2D eigenvalue weighted by Crippen LogP contribution is 2.14. The van der Waals surface area contributed by atoms with Gasteiger partial charge in [-0.05, 0) is 25.1 Å². The van der Waals surface area contributed by atoms with E-state index in [1.807, 2.05) is 49.4 Å². The van der Waals surface area contributed by atoms with E-state index in [0.717, 1.165) is 11.1 Å². The second kappa shape index (κ2) is 5.94. The number of rotatable bonds is 3. The Bertz CT molecular complexity index is 593. The van der Waals surface area contributed by atoms with E-state index in [4.69, 9.17) is 11.6 Å². The fourth-order valence-corrected chi connectivity index (χ4v) is 2.28. The maximum Gasteiger partial charge on any atom is 0.172 e. The molecule has 92 valence electrons. The summed E-state index contributed by atoms with van der Waals surface area (Å²) in [6.07, 6.45) is 1.54. The van der Waals surface area contributed by atoms with Crippen molar-refractivity contribution in [2.24, 2.45) is 4.40 Å². The molecule has 0 amide bonds. The molecule has 0 saturated carbocycles. The zero-order valence-corrected chi connectivity index (χ0v) is 11.4. The van der Waals surface area contributed by atoms with Crippen LogP contribution < -0.4 is 0 Å². The van der Waals surface area contributed by atoms with E-state index >= 15 is 0 Å². The second-order valence-corrected chi connectivity index (χ2v) is 5.41. The number of halogens is 1. The molecule has 4 heteroatoms. The number of nitrogens with zero attached hydrogens (tertiary/aromatic N) is 1. The van der Waals surface area contributed by atoms with E-state index in [-0.39, 0.29) is 0 Å². The Labute approximate surface area is 114 Å². The molecule has 0 unspecified atom stereocenters. The molecule has 18 heavy (non-hydrogen) atoms. The highest BCUT2D eigenvalue weighted by molar-refractivity contribution is 7.83. The quantitative estimate of drug-likeness (QED) is 0.785. The van der Waals surface area contributed by atoms with E-state index in [1.165, 1.54) is 6.21 Å². The smallest absolute Gasteiger partial charge is 0.172 e.